The van der Waals surface area contributed by atoms with E-state index in [1.165, 1.54) is 0 Å². The number of hydrogen-bond donors (Lipinski definition) is 1. The minimum Gasteiger partial charge on any atom is -0.323 e. The molecule has 2 saturated heterocycles. The van der Waals surface area contributed by atoms with Gasteiger partial charge in [0, 0.05) is 19.6 Å². The molecule has 2 heterocycles. The molecule has 0 unspecified atom stereocenters. The molecule has 6 nitrogen and oxygen atoms in total. The molecule has 1 N–H and O–H groups in total. The van der Waals surface area contributed by atoms with E-state index in [4.69, 9.17) is 0 Å². The van der Waals surface area contributed by atoms with Crippen LogP contribution in [0.4, 0.5) is 0 Å². The van der Waals surface area contributed by atoms with Gasteiger partial charge in [0.05, 0.1) is 16.6 Å². The molecular weight excluding hydrogens is 434 g/mol. The van der Waals surface area contributed by atoms with Crippen molar-refractivity contribution >= 4 is 15.9 Å². The minimum absolute atomic E-state index is 0.133. The number of hydrogen-bond acceptors (Lipinski definition) is 4. The van der Waals surface area contributed by atoms with Gasteiger partial charge in [0.15, 0.2) is 0 Å². The molecule has 2 fully saturated rings. The Bertz CT molecular complexity index is 1060. The Morgan fingerprint density at radius 3 is 2.30 bits per heavy atom. The monoisotopic (exact) mass is 469 g/mol. The predicted octanol–water partition coefficient (Wildman–Crippen LogP) is 3.57. The molecule has 2 atom stereocenters. The van der Waals surface area contributed by atoms with Crippen LogP contribution in [0.1, 0.15) is 44.2 Å². The summed E-state index contributed by atoms with van der Waals surface area (Å²) in [6.07, 6.45) is 2.82. The summed E-state index contributed by atoms with van der Waals surface area (Å²) in [5, 5.41) is 3.66. The molecule has 2 aromatic rings. The van der Waals surface area contributed by atoms with Crippen molar-refractivity contribution in [2.45, 2.75) is 63.1 Å². The fourth-order valence-corrected chi connectivity index (χ4v) is 6.37. The number of nitrogens with one attached hydrogen (secondary N) is 1. The average molecular weight is 470 g/mol. The van der Waals surface area contributed by atoms with Gasteiger partial charge in [-0.3, -0.25) is 10.1 Å². The quantitative estimate of drug-likeness (QED) is 0.673. The van der Waals surface area contributed by atoms with Crippen LogP contribution in [-0.2, 0) is 21.2 Å². The van der Waals surface area contributed by atoms with Gasteiger partial charge in [-0.2, -0.15) is 4.31 Å². The SMILES string of the molecule is CC[C@@H](C)CN1C(=O)[C@@H](Cc2ccccc2)NC12CCN(S(=O)(=O)c1ccc(C)cc1)CC2. The molecule has 0 bridgehead atoms. The molecule has 0 radical (unpaired) electrons. The van der Waals surface area contributed by atoms with Crippen molar-refractivity contribution < 1.29 is 13.2 Å². The molecule has 0 aromatic heterocycles. The van der Waals surface area contributed by atoms with Crippen molar-refractivity contribution in [3.05, 3.63) is 65.7 Å². The van der Waals surface area contributed by atoms with Gasteiger partial charge in [-0.25, -0.2) is 8.42 Å². The first-order chi connectivity index (χ1) is 15.7. The second-order valence-corrected chi connectivity index (χ2v) is 11.5. The third-order valence-electron chi connectivity index (χ3n) is 7.21. The van der Waals surface area contributed by atoms with Gasteiger partial charge in [-0.1, -0.05) is 68.3 Å². The van der Waals surface area contributed by atoms with Crippen molar-refractivity contribution in [2.24, 2.45) is 5.92 Å². The Morgan fingerprint density at radius 1 is 1.06 bits per heavy atom. The van der Waals surface area contributed by atoms with Crippen LogP contribution in [0.25, 0.3) is 0 Å². The summed E-state index contributed by atoms with van der Waals surface area (Å²) >= 11 is 0. The standard InChI is InChI=1S/C26H35N3O3S/c1-4-20(2)19-29-25(30)24(18-22-8-6-5-7-9-22)27-26(29)14-16-28(17-15-26)33(31,32)23-12-10-21(3)11-13-23/h5-13,20,24,27H,4,14-19H2,1-3H3/t20-,24-/m1/s1. The molecule has 0 saturated carbocycles. The lowest BCUT2D eigenvalue weighted by atomic mass is 9.95. The van der Waals surface area contributed by atoms with Gasteiger partial charge in [0.2, 0.25) is 15.9 Å². The van der Waals surface area contributed by atoms with Gasteiger partial charge >= 0.3 is 0 Å². The number of carbonyl (C=O) groups excluding carboxylic acids is 1. The summed E-state index contributed by atoms with van der Waals surface area (Å²) in [6, 6.07) is 16.8. The van der Waals surface area contributed by atoms with E-state index in [-0.39, 0.29) is 11.9 Å². The summed E-state index contributed by atoms with van der Waals surface area (Å²) in [5.74, 6) is 0.520. The summed E-state index contributed by atoms with van der Waals surface area (Å²) in [4.78, 5) is 15.8. The molecular formula is C26H35N3O3S. The maximum absolute atomic E-state index is 13.5. The van der Waals surface area contributed by atoms with Crippen LogP contribution in [-0.4, -0.2) is 54.9 Å². The van der Waals surface area contributed by atoms with Crippen LogP contribution in [0.15, 0.2) is 59.5 Å². The van der Waals surface area contributed by atoms with E-state index < -0.39 is 15.7 Å². The van der Waals surface area contributed by atoms with E-state index in [1.54, 1.807) is 16.4 Å². The predicted molar refractivity (Wildman–Crippen MR) is 130 cm³/mol. The average Bonchev–Trinajstić information content (AvgIpc) is 3.05. The van der Waals surface area contributed by atoms with Gasteiger partial charge < -0.3 is 4.90 Å². The normalized spacial score (nSPS) is 22.1. The molecule has 33 heavy (non-hydrogen) atoms. The smallest absolute Gasteiger partial charge is 0.243 e. The van der Waals surface area contributed by atoms with Crippen molar-refractivity contribution in [1.82, 2.24) is 14.5 Å². The Morgan fingerprint density at radius 2 is 1.70 bits per heavy atom. The number of aryl methyl sites for hydroxylation is 1. The van der Waals surface area contributed by atoms with Crippen molar-refractivity contribution in [3.63, 3.8) is 0 Å². The van der Waals surface area contributed by atoms with E-state index in [9.17, 15) is 13.2 Å². The van der Waals surface area contributed by atoms with Gasteiger partial charge in [0.1, 0.15) is 0 Å². The fourth-order valence-electron chi connectivity index (χ4n) is 4.93. The fraction of sp³-hybridized carbons (Fsp3) is 0.500. The van der Waals surface area contributed by atoms with Crippen LogP contribution in [0.3, 0.4) is 0 Å². The van der Waals surface area contributed by atoms with Gasteiger partial charge in [0.25, 0.3) is 0 Å². The zero-order valence-corrected chi connectivity index (χ0v) is 20.6. The van der Waals surface area contributed by atoms with E-state index in [0.29, 0.717) is 49.7 Å². The molecule has 2 aromatic carbocycles. The summed E-state index contributed by atoms with van der Waals surface area (Å²) in [6.45, 7) is 7.74. The lowest BCUT2D eigenvalue weighted by Crippen LogP contribution is -2.60. The largest absolute Gasteiger partial charge is 0.323 e. The molecule has 2 aliphatic heterocycles. The Balaban J connectivity index is 1.53. The first kappa shape index (κ1) is 23.9. The van der Waals surface area contributed by atoms with Crippen molar-refractivity contribution in [3.8, 4) is 0 Å². The summed E-state index contributed by atoms with van der Waals surface area (Å²) < 4.78 is 28.0. The van der Waals surface area contributed by atoms with Crippen LogP contribution >= 0.6 is 0 Å². The zero-order chi connectivity index (χ0) is 23.6. The third-order valence-corrected chi connectivity index (χ3v) is 9.12. The molecule has 4 rings (SSSR count). The highest BCUT2D eigenvalue weighted by molar-refractivity contribution is 7.89. The van der Waals surface area contributed by atoms with Gasteiger partial charge in [-0.05, 0) is 49.8 Å². The maximum atomic E-state index is 13.5. The Hall–Kier alpha value is -2.22. The highest BCUT2D eigenvalue weighted by Gasteiger charge is 2.52. The summed E-state index contributed by atoms with van der Waals surface area (Å²) in [7, 11) is -3.54. The van der Waals surface area contributed by atoms with Gasteiger partial charge in [-0.15, -0.1) is 0 Å². The van der Waals surface area contributed by atoms with Crippen LogP contribution in [0.2, 0.25) is 0 Å². The van der Waals surface area contributed by atoms with Crippen molar-refractivity contribution in [2.75, 3.05) is 19.6 Å². The number of nitrogens with zero attached hydrogens (tertiary/aromatic N) is 2. The van der Waals surface area contributed by atoms with Crippen LogP contribution < -0.4 is 5.32 Å². The van der Waals surface area contributed by atoms with Crippen LogP contribution in [0, 0.1) is 12.8 Å². The number of amides is 1. The molecule has 7 heteroatoms. The topological polar surface area (TPSA) is 69.7 Å². The molecule has 1 amide bonds. The molecule has 178 valence electrons. The minimum atomic E-state index is -3.54. The van der Waals surface area contributed by atoms with E-state index in [1.807, 2.05) is 42.2 Å². The third kappa shape index (κ3) is 4.86. The number of carbonyl (C=O) groups is 1. The van der Waals surface area contributed by atoms with E-state index in [2.05, 4.69) is 31.3 Å². The van der Waals surface area contributed by atoms with E-state index >= 15 is 0 Å². The Labute approximate surface area is 198 Å². The van der Waals surface area contributed by atoms with Crippen LogP contribution in [0.5, 0.6) is 0 Å². The highest BCUT2D eigenvalue weighted by atomic mass is 32.2. The number of piperidine rings is 1. The highest BCUT2D eigenvalue weighted by Crippen LogP contribution is 2.36. The second kappa shape index (κ2) is 9.57. The molecule has 2 aliphatic rings. The first-order valence-electron chi connectivity index (χ1n) is 11.9. The first-order valence-corrected chi connectivity index (χ1v) is 13.4. The lowest BCUT2D eigenvalue weighted by molar-refractivity contribution is -0.134. The summed E-state index contributed by atoms with van der Waals surface area (Å²) in [5.41, 5.74) is 1.67. The second-order valence-electron chi connectivity index (χ2n) is 9.60. The molecule has 0 aliphatic carbocycles. The number of sulfonamides is 1. The van der Waals surface area contributed by atoms with E-state index in [0.717, 1.165) is 17.5 Å². The number of benzene rings is 2. The molecule has 1 spiro atoms. The maximum Gasteiger partial charge on any atom is 0.243 e. The Kier molecular flexibility index (Phi) is 6.93. The number of rotatable bonds is 7. The zero-order valence-electron chi connectivity index (χ0n) is 19.8. The van der Waals surface area contributed by atoms with Crippen molar-refractivity contribution in [1.29, 1.82) is 0 Å². The lowest BCUT2D eigenvalue weighted by Gasteiger charge is -2.45.